The van der Waals surface area contributed by atoms with E-state index in [1.54, 1.807) is 11.0 Å². The van der Waals surface area contributed by atoms with Crippen molar-refractivity contribution in [3.63, 3.8) is 0 Å². The molecule has 0 aromatic carbocycles. The van der Waals surface area contributed by atoms with Gasteiger partial charge in [0.05, 0.1) is 25.1 Å². The Morgan fingerprint density at radius 1 is 0.806 bits per heavy atom. The summed E-state index contributed by atoms with van der Waals surface area (Å²) >= 11 is 0. The van der Waals surface area contributed by atoms with Gasteiger partial charge in [-0.1, -0.05) is 55.4 Å². The van der Waals surface area contributed by atoms with Gasteiger partial charge in [0.1, 0.15) is 0 Å². The highest BCUT2D eigenvalue weighted by molar-refractivity contribution is 6.74. The summed E-state index contributed by atoms with van der Waals surface area (Å²) in [5.41, 5.74) is 0. The van der Waals surface area contributed by atoms with Crippen LogP contribution in [0.1, 0.15) is 83.1 Å². The van der Waals surface area contributed by atoms with E-state index in [0.29, 0.717) is 6.61 Å². The molecule has 4 atom stereocenters. The third-order valence-electron chi connectivity index (χ3n) is 8.36. The van der Waals surface area contributed by atoms with Crippen LogP contribution < -0.4 is 0 Å². The molecular formula is C28H59NO5Si2. The van der Waals surface area contributed by atoms with Crippen LogP contribution in [0.2, 0.25) is 36.3 Å². The Morgan fingerprint density at radius 2 is 1.25 bits per heavy atom. The molecule has 0 aliphatic rings. The van der Waals surface area contributed by atoms with E-state index in [-0.39, 0.29) is 36.1 Å². The van der Waals surface area contributed by atoms with E-state index in [1.807, 2.05) is 34.6 Å². The number of hydrogen-bond acceptors (Lipinski definition) is 5. The van der Waals surface area contributed by atoms with Crippen molar-refractivity contribution in [1.29, 1.82) is 0 Å². The first kappa shape index (κ1) is 35.3. The van der Waals surface area contributed by atoms with Crippen LogP contribution in [0.15, 0.2) is 12.3 Å². The second kappa shape index (κ2) is 17.0. The SMILES string of the molecule is CC[Si](CC)(CC)OC[C@@H](O[Si](CC)(CC)CC)[C@H](C)[C@@H](O)[C@@H](C)/C=C\OC(=O)N(C(C)C)C(C)C. The summed E-state index contributed by atoms with van der Waals surface area (Å²) < 4.78 is 19.0. The van der Waals surface area contributed by atoms with E-state index < -0.39 is 22.7 Å². The van der Waals surface area contributed by atoms with Gasteiger partial charge in [0.25, 0.3) is 0 Å². The molecule has 214 valence electrons. The van der Waals surface area contributed by atoms with E-state index >= 15 is 0 Å². The maximum Gasteiger partial charge on any atom is 0.415 e. The van der Waals surface area contributed by atoms with Crippen LogP contribution in [0.3, 0.4) is 0 Å². The minimum absolute atomic E-state index is 0.0528. The Balaban J connectivity index is 5.62. The predicted molar refractivity (Wildman–Crippen MR) is 157 cm³/mol. The van der Waals surface area contributed by atoms with Gasteiger partial charge < -0.3 is 23.6 Å². The number of aliphatic hydroxyl groups is 1. The molecule has 0 rings (SSSR count). The largest absolute Gasteiger partial charge is 0.418 e. The topological polar surface area (TPSA) is 68.2 Å². The quantitative estimate of drug-likeness (QED) is 0.141. The first-order chi connectivity index (χ1) is 16.8. The van der Waals surface area contributed by atoms with Crippen LogP contribution in [0.4, 0.5) is 4.79 Å². The lowest BCUT2D eigenvalue weighted by molar-refractivity contribution is -0.0110. The Hall–Kier alpha value is -0.676. The molecule has 0 spiro atoms. The zero-order chi connectivity index (χ0) is 28.1. The summed E-state index contributed by atoms with van der Waals surface area (Å²) in [5, 5.41) is 11.3. The predicted octanol–water partition coefficient (Wildman–Crippen LogP) is 7.80. The van der Waals surface area contributed by atoms with Crippen molar-refractivity contribution in [1.82, 2.24) is 4.90 Å². The Bertz CT molecular complexity index is 611. The van der Waals surface area contributed by atoms with Gasteiger partial charge in [0, 0.05) is 23.9 Å². The van der Waals surface area contributed by atoms with Crippen LogP contribution in [0.25, 0.3) is 0 Å². The van der Waals surface area contributed by atoms with Crippen molar-refractivity contribution in [2.45, 2.75) is 144 Å². The summed E-state index contributed by atoms with van der Waals surface area (Å²) in [7, 11) is -3.67. The molecule has 0 heterocycles. The van der Waals surface area contributed by atoms with Crippen LogP contribution >= 0.6 is 0 Å². The Kier molecular flexibility index (Phi) is 16.7. The molecule has 0 fully saturated rings. The van der Waals surface area contributed by atoms with E-state index in [1.165, 1.54) is 6.26 Å². The lowest BCUT2D eigenvalue weighted by Gasteiger charge is -2.40. The second-order valence-electron chi connectivity index (χ2n) is 11.0. The molecule has 6 nitrogen and oxygen atoms in total. The van der Waals surface area contributed by atoms with Gasteiger partial charge in [-0.3, -0.25) is 0 Å². The van der Waals surface area contributed by atoms with Crippen molar-refractivity contribution in [2.75, 3.05) is 6.61 Å². The number of carbonyl (C=O) groups is 1. The summed E-state index contributed by atoms with van der Waals surface area (Å²) in [5.74, 6) is -0.311. The van der Waals surface area contributed by atoms with E-state index in [4.69, 9.17) is 13.6 Å². The maximum absolute atomic E-state index is 12.5. The van der Waals surface area contributed by atoms with Crippen molar-refractivity contribution < 1.29 is 23.5 Å². The molecule has 0 saturated carbocycles. The molecule has 0 aliphatic heterocycles. The fourth-order valence-electron chi connectivity index (χ4n) is 5.04. The van der Waals surface area contributed by atoms with Gasteiger partial charge in [-0.15, -0.1) is 0 Å². The van der Waals surface area contributed by atoms with Crippen LogP contribution in [0.5, 0.6) is 0 Å². The van der Waals surface area contributed by atoms with Gasteiger partial charge in [0.2, 0.25) is 0 Å². The van der Waals surface area contributed by atoms with Gasteiger partial charge >= 0.3 is 6.09 Å². The Labute approximate surface area is 225 Å². The highest BCUT2D eigenvalue weighted by Crippen LogP contribution is 2.30. The van der Waals surface area contributed by atoms with Crippen LogP contribution in [-0.2, 0) is 13.6 Å². The highest BCUT2D eigenvalue weighted by atomic mass is 28.4. The zero-order valence-corrected chi connectivity index (χ0v) is 27.6. The average molecular weight is 546 g/mol. The third kappa shape index (κ3) is 10.2. The Morgan fingerprint density at radius 3 is 1.64 bits per heavy atom. The number of amides is 1. The fourth-order valence-corrected chi connectivity index (χ4v) is 10.6. The number of aliphatic hydroxyl groups excluding tert-OH is 1. The fraction of sp³-hybridized carbons (Fsp3) is 0.893. The number of rotatable bonds is 18. The molecule has 36 heavy (non-hydrogen) atoms. The highest BCUT2D eigenvalue weighted by Gasteiger charge is 2.38. The summed E-state index contributed by atoms with van der Waals surface area (Å²) in [6.45, 7) is 25.9. The first-order valence-electron chi connectivity index (χ1n) is 14.5. The van der Waals surface area contributed by atoms with E-state index in [9.17, 15) is 9.90 Å². The molecule has 0 aliphatic carbocycles. The van der Waals surface area contributed by atoms with Gasteiger partial charge in [0.15, 0.2) is 16.6 Å². The van der Waals surface area contributed by atoms with Crippen molar-refractivity contribution in [3.8, 4) is 0 Å². The number of nitrogens with zero attached hydrogens (tertiary/aromatic N) is 1. The maximum atomic E-state index is 12.5. The van der Waals surface area contributed by atoms with Crippen LogP contribution in [-0.4, -0.2) is 63.6 Å². The number of carbonyl (C=O) groups excluding carboxylic acids is 1. The molecule has 0 aromatic rings. The molecule has 8 heteroatoms. The molecule has 1 amide bonds. The molecule has 0 unspecified atom stereocenters. The number of ether oxygens (including phenoxy) is 1. The monoisotopic (exact) mass is 545 g/mol. The molecule has 0 radical (unpaired) electrons. The number of hydrogen-bond donors (Lipinski definition) is 1. The molecule has 0 aromatic heterocycles. The van der Waals surface area contributed by atoms with Gasteiger partial charge in [-0.25, -0.2) is 4.79 Å². The standard InChI is InChI=1S/C28H59NO5Si2/c1-13-35(14-2,15-3)33-21-26(34-36(16-4,17-5)18-6)25(12)27(30)24(11)19-20-32-28(31)29(22(7)8)23(9)10/h19-20,22-27,30H,13-18,21H2,1-12H3/b20-19-/t24-,25-,26+,27-/m0/s1. The molecule has 0 saturated heterocycles. The summed E-state index contributed by atoms with van der Waals surface area (Å²) in [6.07, 6.45) is 2.05. The smallest absolute Gasteiger partial charge is 0.415 e. The van der Waals surface area contributed by atoms with Crippen molar-refractivity contribution >= 4 is 22.7 Å². The van der Waals surface area contributed by atoms with Crippen LogP contribution in [0, 0.1) is 11.8 Å². The minimum Gasteiger partial charge on any atom is -0.418 e. The average Bonchev–Trinajstić information content (AvgIpc) is 2.85. The second-order valence-corrected chi connectivity index (χ2v) is 20.5. The van der Waals surface area contributed by atoms with Crippen molar-refractivity contribution in [2.24, 2.45) is 11.8 Å². The van der Waals surface area contributed by atoms with Crippen molar-refractivity contribution in [3.05, 3.63) is 12.3 Å². The lowest BCUT2D eigenvalue weighted by Crippen LogP contribution is -2.49. The van der Waals surface area contributed by atoms with E-state index in [2.05, 4.69) is 48.5 Å². The molecular weight excluding hydrogens is 486 g/mol. The first-order valence-corrected chi connectivity index (χ1v) is 19.5. The summed E-state index contributed by atoms with van der Waals surface area (Å²) in [4.78, 5) is 14.2. The van der Waals surface area contributed by atoms with Gasteiger partial charge in [-0.2, -0.15) is 0 Å². The lowest BCUT2D eigenvalue weighted by atomic mass is 9.89. The minimum atomic E-state index is -1.89. The zero-order valence-electron chi connectivity index (χ0n) is 25.6. The van der Waals surface area contributed by atoms with Gasteiger partial charge in [-0.05, 0) is 70.0 Å². The van der Waals surface area contributed by atoms with E-state index in [0.717, 1.165) is 36.3 Å². The third-order valence-corrected chi connectivity index (χ3v) is 17.7. The summed E-state index contributed by atoms with van der Waals surface area (Å²) in [6, 6.07) is 6.57. The molecule has 1 N–H and O–H groups in total. The normalized spacial score (nSPS) is 16.4. The molecule has 0 bridgehead atoms.